The molecule has 0 saturated heterocycles. The molecule has 18 heavy (non-hydrogen) atoms. The van der Waals surface area contributed by atoms with Crippen molar-refractivity contribution >= 4 is 5.69 Å². The Kier molecular flexibility index (Phi) is 6.09. The highest BCUT2D eigenvalue weighted by atomic mass is 19.1. The minimum atomic E-state index is -0.357. The molecule has 1 aromatic carbocycles. The maximum atomic E-state index is 13.9. The highest BCUT2D eigenvalue weighted by molar-refractivity contribution is 5.55. The van der Waals surface area contributed by atoms with Gasteiger partial charge in [-0.3, -0.25) is 0 Å². The van der Waals surface area contributed by atoms with Crippen LogP contribution in [0.3, 0.4) is 0 Å². The number of halogens is 1. The van der Waals surface area contributed by atoms with Gasteiger partial charge < -0.3 is 15.7 Å². The number of nitrogens with two attached hydrogens (primary N) is 1. The van der Waals surface area contributed by atoms with Crippen LogP contribution in [0, 0.1) is 5.82 Å². The van der Waals surface area contributed by atoms with Crippen LogP contribution in [0.2, 0.25) is 0 Å². The molecule has 0 aromatic heterocycles. The van der Waals surface area contributed by atoms with E-state index in [9.17, 15) is 4.39 Å². The molecule has 4 heteroatoms. The number of aliphatic hydroxyl groups is 1. The Balaban J connectivity index is 3.06. The highest BCUT2D eigenvalue weighted by Crippen LogP contribution is 2.28. The zero-order chi connectivity index (χ0) is 13.5. The van der Waals surface area contributed by atoms with E-state index in [0.717, 1.165) is 25.1 Å². The van der Waals surface area contributed by atoms with Gasteiger partial charge >= 0.3 is 0 Å². The zero-order valence-corrected chi connectivity index (χ0v) is 11.2. The lowest BCUT2D eigenvalue weighted by Crippen LogP contribution is -2.30. The maximum absolute atomic E-state index is 13.9. The molecule has 0 aliphatic rings. The van der Waals surface area contributed by atoms with Gasteiger partial charge in [-0.05, 0) is 25.5 Å². The third kappa shape index (κ3) is 3.68. The SMILES string of the molecule is CCCCN(CCO)c1cccc(F)c1[C@H](C)N. The van der Waals surface area contributed by atoms with Gasteiger partial charge in [0, 0.05) is 30.4 Å². The molecular formula is C14H23FN2O. The van der Waals surface area contributed by atoms with Gasteiger partial charge in [0.1, 0.15) is 5.82 Å². The quantitative estimate of drug-likeness (QED) is 0.785. The standard InChI is InChI=1S/C14H23FN2O/c1-3-4-8-17(9-10-18)13-7-5-6-12(15)14(13)11(2)16/h5-7,11,18H,3-4,8-10,16H2,1-2H3/t11-/m0/s1. The van der Waals surface area contributed by atoms with Crippen LogP contribution in [0.4, 0.5) is 10.1 Å². The number of hydrogen-bond donors (Lipinski definition) is 2. The van der Waals surface area contributed by atoms with Crippen molar-refractivity contribution in [1.82, 2.24) is 0 Å². The molecule has 0 heterocycles. The van der Waals surface area contributed by atoms with Crippen LogP contribution in [0.5, 0.6) is 0 Å². The van der Waals surface area contributed by atoms with Gasteiger partial charge in [0.05, 0.1) is 6.61 Å². The number of benzene rings is 1. The summed E-state index contributed by atoms with van der Waals surface area (Å²) >= 11 is 0. The number of hydrogen-bond acceptors (Lipinski definition) is 3. The van der Waals surface area contributed by atoms with Gasteiger partial charge in [0.2, 0.25) is 0 Å². The number of nitrogens with zero attached hydrogens (tertiary/aromatic N) is 1. The fraction of sp³-hybridized carbons (Fsp3) is 0.571. The fourth-order valence-electron chi connectivity index (χ4n) is 2.07. The Labute approximate surface area is 108 Å². The summed E-state index contributed by atoms with van der Waals surface area (Å²) in [6, 6.07) is 4.63. The van der Waals surface area contributed by atoms with E-state index in [0.29, 0.717) is 12.1 Å². The molecule has 0 saturated carbocycles. The summed E-state index contributed by atoms with van der Waals surface area (Å²) in [6.07, 6.45) is 2.07. The van der Waals surface area contributed by atoms with Crippen LogP contribution in [0.15, 0.2) is 18.2 Å². The molecule has 1 rings (SSSR count). The molecule has 0 unspecified atom stereocenters. The maximum Gasteiger partial charge on any atom is 0.130 e. The Morgan fingerprint density at radius 3 is 2.67 bits per heavy atom. The Hall–Kier alpha value is -1.13. The lowest BCUT2D eigenvalue weighted by Gasteiger charge is -2.27. The largest absolute Gasteiger partial charge is 0.395 e. The summed E-state index contributed by atoms with van der Waals surface area (Å²) in [7, 11) is 0. The normalized spacial score (nSPS) is 12.5. The van der Waals surface area contributed by atoms with E-state index in [-0.39, 0.29) is 18.5 Å². The van der Waals surface area contributed by atoms with Crippen molar-refractivity contribution in [2.24, 2.45) is 5.73 Å². The minimum Gasteiger partial charge on any atom is -0.395 e. The van der Waals surface area contributed by atoms with Crippen molar-refractivity contribution < 1.29 is 9.50 Å². The van der Waals surface area contributed by atoms with Crippen molar-refractivity contribution in [1.29, 1.82) is 0 Å². The minimum absolute atomic E-state index is 0.0542. The van der Waals surface area contributed by atoms with E-state index >= 15 is 0 Å². The van der Waals surface area contributed by atoms with Crippen LogP contribution >= 0.6 is 0 Å². The lowest BCUT2D eigenvalue weighted by atomic mass is 10.0. The van der Waals surface area contributed by atoms with Crippen LogP contribution in [-0.4, -0.2) is 24.8 Å². The van der Waals surface area contributed by atoms with E-state index in [2.05, 4.69) is 6.92 Å². The van der Waals surface area contributed by atoms with Crippen molar-refractivity contribution in [3.8, 4) is 0 Å². The van der Waals surface area contributed by atoms with Crippen LogP contribution in [0.1, 0.15) is 38.3 Å². The number of anilines is 1. The van der Waals surface area contributed by atoms with Crippen LogP contribution in [-0.2, 0) is 0 Å². The molecule has 0 bridgehead atoms. The van der Waals surface area contributed by atoms with Gasteiger partial charge in [-0.15, -0.1) is 0 Å². The monoisotopic (exact) mass is 254 g/mol. The second kappa shape index (κ2) is 7.34. The van der Waals surface area contributed by atoms with Gasteiger partial charge in [-0.1, -0.05) is 19.4 Å². The molecule has 0 spiro atoms. The van der Waals surface area contributed by atoms with Crippen molar-refractivity contribution in [2.75, 3.05) is 24.6 Å². The summed E-state index contributed by atoms with van der Waals surface area (Å²) in [5.74, 6) is -0.276. The third-order valence-electron chi connectivity index (χ3n) is 2.98. The molecule has 1 atom stereocenters. The Morgan fingerprint density at radius 1 is 1.39 bits per heavy atom. The molecule has 0 aliphatic carbocycles. The number of rotatable bonds is 7. The molecule has 0 aliphatic heterocycles. The predicted octanol–water partition coefficient (Wildman–Crippen LogP) is 2.44. The first-order chi connectivity index (χ1) is 8.61. The second-order valence-corrected chi connectivity index (χ2v) is 4.53. The Bertz CT molecular complexity index is 369. The average Bonchev–Trinajstić information content (AvgIpc) is 2.33. The number of aliphatic hydroxyl groups excluding tert-OH is 1. The zero-order valence-electron chi connectivity index (χ0n) is 11.2. The fourth-order valence-corrected chi connectivity index (χ4v) is 2.07. The van der Waals surface area contributed by atoms with E-state index in [1.807, 2.05) is 11.0 Å². The molecular weight excluding hydrogens is 231 g/mol. The van der Waals surface area contributed by atoms with E-state index < -0.39 is 0 Å². The third-order valence-corrected chi connectivity index (χ3v) is 2.98. The van der Waals surface area contributed by atoms with Crippen LogP contribution in [0.25, 0.3) is 0 Å². The molecule has 1 aromatic rings. The van der Waals surface area contributed by atoms with Gasteiger partial charge in [-0.25, -0.2) is 4.39 Å². The van der Waals surface area contributed by atoms with E-state index in [4.69, 9.17) is 10.8 Å². The smallest absolute Gasteiger partial charge is 0.130 e. The average molecular weight is 254 g/mol. The van der Waals surface area contributed by atoms with Crippen molar-refractivity contribution in [3.05, 3.63) is 29.6 Å². The molecule has 0 fully saturated rings. The summed E-state index contributed by atoms with van der Waals surface area (Å²) < 4.78 is 13.9. The highest BCUT2D eigenvalue weighted by Gasteiger charge is 2.16. The van der Waals surface area contributed by atoms with E-state index in [1.54, 1.807) is 13.0 Å². The summed E-state index contributed by atoms with van der Waals surface area (Å²) in [5, 5.41) is 9.13. The van der Waals surface area contributed by atoms with Crippen molar-refractivity contribution in [2.45, 2.75) is 32.7 Å². The lowest BCUT2D eigenvalue weighted by molar-refractivity contribution is 0.301. The van der Waals surface area contributed by atoms with Gasteiger partial charge in [0.25, 0.3) is 0 Å². The Morgan fingerprint density at radius 2 is 2.11 bits per heavy atom. The van der Waals surface area contributed by atoms with Gasteiger partial charge in [-0.2, -0.15) is 0 Å². The second-order valence-electron chi connectivity index (χ2n) is 4.53. The first kappa shape index (κ1) is 14.9. The van der Waals surface area contributed by atoms with Crippen LogP contribution < -0.4 is 10.6 Å². The van der Waals surface area contributed by atoms with E-state index in [1.165, 1.54) is 6.07 Å². The molecule has 102 valence electrons. The summed E-state index contributed by atoms with van der Waals surface area (Å²) in [4.78, 5) is 2.01. The first-order valence-corrected chi connectivity index (χ1v) is 6.51. The first-order valence-electron chi connectivity index (χ1n) is 6.51. The molecule has 3 nitrogen and oxygen atoms in total. The molecule has 0 radical (unpaired) electrons. The topological polar surface area (TPSA) is 49.5 Å². The van der Waals surface area contributed by atoms with Crippen molar-refractivity contribution in [3.63, 3.8) is 0 Å². The van der Waals surface area contributed by atoms with Gasteiger partial charge in [0.15, 0.2) is 0 Å². The summed E-state index contributed by atoms with van der Waals surface area (Å²) in [5.41, 5.74) is 7.18. The number of unbranched alkanes of at least 4 members (excludes halogenated alkanes) is 1. The predicted molar refractivity (Wildman–Crippen MR) is 73.2 cm³/mol. The molecule has 0 amide bonds. The summed E-state index contributed by atoms with van der Waals surface area (Å²) in [6.45, 7) is 5.25. The molecule has 3 N–H and O–H groups in total.